The van der Waals surface area contributed by atoms with Gasteiger partial charge in [-0.15, -0.1) is 0 Å². The van der Waals surface area contributed by atoms with E-state index in [0.29, 0.717) is 6.54 Å². The van der Waals surface area contributed by atoms with E-state index < -0.39 is 6.10 Å². The van der Waals surface area contributed by atoms with Crippen LogP contribution < -0.4 is 10.6 Å². The molecule has 0 aliphatic rings. The summed E-state index contributed by atoms with van der Waals surface area (Å²) in [6.45, 7) is 8.38. The van der Waals surface area contributed by atoms with E-state index in [1.165, 1.54) is 7.11 Å². The van der Waals surface area contributed by atoms with Crippen molar-refractivity contribution in [3.05, 3.63) is 0 Å². The van der Waals surface area contributed by atoms with Crippen LogP contribution >= 0.6 is 0 Å². The van der Waals surface area contributed by atoms with Crippen molar-refractivity contribution in [2.75, 3.05) is 20.3 Å². The Bertz CT molecular complexity index is 232. The average Bonchev–Trinajstić information content (AvgIpc) is 2.25. The number of hydrogen-bond acceptors (Lipinski definition) is 4. The number of carbonyl (C=O) groups is 1. The Labute approximate surface area is 104 Å². The summed E-state index contributed by atoms with van der Waals surface area (Å²) in [7, 11) is 1.53. The molecule has 0 saturated heterocycles. The number of aliphatic hydroxyl groups excluding tert-OH is 1. The predicted molar refractivity (Wildman–Crippen MR) is 67.9 cm³/mol. The van der Waals surface area contributed by atoms with Crippen LogP contribution in [0.5, 0.6) is 0 Å². The topological polar surface area (TPSA) is 70.6 Å². The van der Waals surface area contributed by atoms with E-state index in [2.05, 4.69) is 10.6 Å². The van der Waals surface area contributed by atoms with Crippen LogP contribution in [0.3, 0.4) is 0 Å². The van der Waals surface area contributed by atoms with Crippen molar-refractivity contribution in [3.8, 4) is 0 Å². The molecule has 3 N–H and O–H groups in total. The van der Waals surface area contributed by atoms with Gasteiger partial charge in [0.15, 0.2) is 0 Å². The van der Waals surface area contributed by atoms with E-state index in [1.807, 2.05) is 20.8 Å². The molecule has 0 radical (unpaired) electrons. The van der Waals surface area contributed by atoms with E-state index in [9.17, 15) is 9.90 Å². The molecule has 2 atom stereocenters. The van der Waals surface area contributed by atoms with Crippen LogP contribution in [0.2, 0.25) is 0 Å². The van der Waals surface area contributed by atoms with Crippen LogP contribution in [-0.4, -0.2) is 49.0 Å². The van der Waals surface area contributed by atoms with Crippen molar-refractivity contribution < 1.29 is 14.6 Å². The second-order valence-electron chi connectivity index (χ2n) is 4.97. The molecule has 0 fully saturated rings. The molecule has 2 unspecified atom stereocenters. The maximum absolute atomic E-state index is 11.8. The Morgan fingerprint density at radius 2 is 2.06 bits per heavy atom. The van der Waals surface area contributed by atoms with Crippen molar-refractivity contribution in [2.24, 2.45) is 0 Å². The monoisotopic (exact) mass is 246 g/mol. The molecule has 5 nitrogen and oxygen atoms in total. The lowest BCUT2D eigenvalue weighted by Gasteiger charge is -2.27. The Kier molecular flexibility index (Phi) is 7.34. The third-order valence-corrected chi connectivity index (χ3v) is 2.76. The minimum atomic E-state index is -0.588. The summed E-state index contributed by atoms with van der Waals surface area (Å²) in [5.41, 5.74) is -0.196. The van der Waals surface area contributed by atoms with E-state index in [4.69, 9.17) is 4.74 Å². The number of amides is 1. The molecule has 0 aromatic heterocycles. The van der Waals surface area contributed by atoms with Gasteiger partial charge in [-0.05, 0) is 27.2 Å². The van der Waals surface area contributed by atoms with E-state index >= 15 is 0 Å². The van der Waals surface area contributed by atoms with Crippen molar-refractivity contribution in [1.29, 1.82) is 0 Å². The molecule has 17 heavy (non-hydrogen) atoms. The second kappa shape index (κ2) is 7.63. The van der Waals surface area contributed by atoms with Crippen molar-refractivity contribution in [1.82, 2.24) is 10.6 Å². The molecule has 0 spiro atoms. The first-order chi connectivity index (χ1) is 7.82. The lowest BCUT2D eigenvalue weighted by Crippen LogP contribution is -2.51. The molecule has 5 heteroatoms. The second-order valence-corrected chi connectivity index (χ2v) is 4.97. The van der Waals surface area contributed by atoms with Crippen molar-refractivity contribution in [2.45, 2.75) is 51.8 Å². The Morgan fingerprint density at radius 3 is 2.53 bits per heavy atom. The van der Waals surface area contributed by atoms with Gasteiger partial charge < -0.3 is 20.5 Å². The zero-order valence-electron chi connectivity index (χ0n) is 11.5. The lowest BCUT2D eigenvalue weighted by atomic mass is 10.0. The molecule has 0 saturated carbocycles. The number of carbonyl (C=O) groups excluding carboxylic acids is 1. The minimum Gasteiger partial charge on any atom is -0.389 e. The molecule has 0 heterocycles. The van der Waals surface area contributed by atoms with Gasteiger partial charge in [0.1, 0.15) is 0 Å². The first-order valence-electron chi connectivity index (χ1n) is 6.04. The number of ether oxygens (including phenoxy) is 1. The highest BCUT2D eigenvalue weighted by atomic mass is 16.5. The van der Waals surface area contributed by atoms with Gasteiger partial charge in [0.05, 0.1) is 18.8 Å². The quantitative estimate of drug-likeness (QED) is 0.575. The first kappa shape index (κ1) is 16.4. The van der Waals surface area contributed by atoms with Crippen LogP contribution in [0.1, 0.15) is 34.1 Å². The molecule has 1 amide bonds. The maximum atomic E-state index is 11.8. The fourth-order valence-electron chi connectivity index (χ4n) is 1.19. The smallest absolute Gasteiger partial charge is 0.237 e. The van der Waals surface area contributed by atoms with Gasteiger partial charge >= 0.3 is 0 Å². The Hall–Kier alpha value is -0.650. The minimum absolute atomic E-state index is 0.0542. The Morgan fingerprint density at radius 1 is 1.47 bits per heavy atom. The lowest BCUT2D eigenvalue weighted by molar-refractivity contribution is -0.124. The van der Waals surface area contributed by atoms with Crippen LogP contribution in [0, 0.1) is 0 Å². The van der Waals surface area contributed by atoms with Gasteiger partial charge in [0.2, 0.25) is 5.91 Å². The number of nitrogens with one attached hydrogen (secondary N) is 2. The number of aliphatic hydroxyl groups is 1. The molecule has 0 bridgehead atoms. The van der Waals surface area contributed by atoms with Gasteiger partial charge in [-0.3, -0.25) is 4.79 Å². The number of methoxy groups -OCH3 is 1. The standard InChI is InChI=1S/C12H26N2O3/c1-6-12(3,4)14-11(16)9(2)13-7-10(15)8-17-5/h9-10,13,15H,6-8H2,1-5H3,(H,14,16). The van der Waals surface area contributed by atoms with E-state index in [1.54, 1.807) is 6.92 Å². The summed E-state index contributed by atoms with van der Waals surface area (Å²) in [5.74, 6) is -0.0542. The summed E-state index contributed by atoms with van der Waals surface area (Å²) in [4.78, 5) is 11.8. The SMILES string of the molecule is CCC(C)(C)NC(=O)C(C)NCC(O)COC. The van der Waals surface area contributed by atoms with Crippen molar-refractivity contribution in [3.63, 3.8) is 0 Å². The third-order valence-electron chi connectivity index (χ3n) is 2.76. The summed E-state index contributed by atoms with van der Waals surface area (Å²) in [6.07, 6.45) is 0.284. The molecule has 102 valence electrons. The fourth-order valence-corrected chi connectivity index (χ4v) is 1.19. The number of rotatable bonds is 8. The van der Waals surface area contributed by atoms with Gasteiger partial charge in [-0.25, -0.2) is 0 Å². The van der Waals surface area contributed by atoms with E-state index in [0.717, 1.165) is 6.42 Å². The molecular weight excluding hydrogens is 220 g/mol. The highest BCUT2D eigenvalue weighted by Gasteiger charge is 2.21. The highest BCUT2D eigenvalue weighted by molar-refractivity contribution is 5.81. The summed E-state index contributed by atoms with van der Waals surface area (Å²) >= 11 is 0. The molecule has 0 aliphatic carbocycles. The van der Waals surface area contributed by atoms with Crippen molar-refractivity contribution >= 4 is 5.91 Å². The van der Waals surface area contributed by atoms with Gasteiger partial charge in [0.25, 0.3) is 0 Å². The largest absolute Gasteiger partial charge is 0.389 e. The zero-order valence-corrected chi connectivity index (χ0v) is 11.5. The normalized spacial score (nSPS) is 15.4. The van der Waals surface area contributed by atoms with E-state index in [-0.39, 0.29) is 24.1 Å². The highest BCUT2D eigenvalue weighted by Crippen LogP contribution is 2.06. The summed E-state index contributed by atoms with van der Waals surface area (Å²) < 4.78 is 4.80. The van der Waals surface area contributed by atoms with Gasteiger partial charge in [-0.2, -0.15) is 0 Å². The van der Waals surface area contributed by atoms with Crippen LogP contribution in [0.25, 0.3) is 0 Å². The maximum Gasteiger partial charge on any atom is 0.237 e. The zero-order chi connectivity index (χ0) is 13.5. The van der Waals surface area contributed by atoms with Crippen LogP contribution in [0.15, 0.2) is 0 Å². The molecule has 0 aromatic rings. The molecular formula is C12H26N2O3. The van der Waals surface area contributed by atoms with Gasteiger partial charge in [-0.1, -0.05) is 6.92 Å². The molecule has 0 rings (SSSR count). The first-order valence-corrected chi connectivity index (χ1v) is 6.04. The number of hydrogen-bond donors (Lipinski definition) is 3. The predicted octanol–water partition coefficient (Wildman–Crippen LogP) is 0.277. The van der Waals surface area contributed by atoms with Crippen LogP contribution in [0.4, 0.5) is 0 Å². The molecule has 0 aromatic carbocycles. The molecule has 0 aliphatic heterocycles. The third kappa shape index (κ3) is 7.31. The summed E-state index contributed by atoms with van der Waals surface area (Å²) in [5, 5.41) is 15.4. The van der Waals surface area contributed by atoms with Crippen LogP contribution in [-0.2, 0) is 9.53 Å². The Balaban J connectivity index is 3.98. The fraction of sp³-hybridized carbons (Fsp3) is 0.917. The summed E-state index contributed by atoms with van der Waals surface area (Å²) in [6, 6.07) is -0.327. The van der Waals surface area contributed by atoms with Gasteiger partial charge in [0, 0.05) is 19.2 Å². The average molecular weight is 246 g/mol.